The van der Waals surface area contributed by atoms with Crippen molar-refractivity contribution in [3.63, 3.8) is 0 Å². The summed E-state index contributed by atoms with van der Waals surface area (Å²) in [4.78, 5) is 25.3. The second kappa shape index (κ2) is 8.84. The van der Waals surface area contributed by atoms with E-state index in [2.05, 4.69) is 20.3 Å². The Morgan fingerprint density at radius 1 is 1.07 bits per heavy atom. The quantitative estimate of drug-likeness (QED) is 0.469. The molecule has 0 unspecified atom stereocenters. The number of aromatic nitrogens is 3. The lowest BCUT2D eigenvalue weighted by atomic mass is 10.1. The SMILES string of the molecule is O=C(NCCOc1cccnc1)c1ccc2nc(Cl)c(-c3ccc(F)cc3)nc2c1. The lowest BCUT2D eigenvalue weighted by Gasteiger charge is -2.09. The summed E-state index contributed by atoms with van der Waals surface area (Å²) in [5.74, 6) is 0.0276. The van der Waals surface area contributed by atoms with Gasteiger partial charge in [0.15, 0.2) is 5.15 Å². The van der Waals surface area contributed by atoms with Gasteiger partial charge in [-0.05, 0) is 54.6 Å². The van der Waals surface area contributed by atoms with E-state index in [9.17, 15) is 9.18 Å². The largest absolute Gasteiger partial charge is 0.490 e. The summed E-state index contributed by atoms with van der Waals surface area (Å²) in [6, 6.07) is 14.4. The van der Waals surface area contributed by atoms with Crippen LogP contribution in [0.1, 0.15) is 10.4 Å². The molecule has 0 aliphatic heterocycles. The summed E-state index contributed by atoms with van der Waals surface area (Å²) < 4.78 is 18.7. The van der Waals surface area contributed by atoms with Crippen LogP contribution in [0.15, 0.2) is 67.0 Å². The number of amides is 1. The van der Waals surface area contributed by atoms with E-state index < -0.39 is 0 Å². The molecular weight excluding hydrogens is 407 g/mol. The molecule has 0 atom stereocenters. The van der Waals surface area contributed by atoms with Gasteiger partial charge < -0.3 is 10.1 Å². The first kappa shape index (κ1) is 19.7. The molecule has 1 amide bonds. The Morgan fingerprint density at radius 3 is 2.67 bits per heavy atom. The molecule has 0 spiro atoms. The minimum Gasteiger partial charge on any atom is -0.490 e. The number of benzene rings is 2. The van der Waals surface area contributed by atoms with Crippen LogP contribution in [0.2, 0.25) is 5.15 Å². The van der Waals surface area contributed by atoms with E-state index in [4.69, 9.17) is 16.3 Å². The molecule has 2 heterocycles. The van der Waals surface area contributed by atoms with Crippen molar-refractivity contribution in [2.45, 2.75) is 0 Å². The Kier molecular flexibility index (Phi) is 5.81. The van der Waals surface area contributed by atoms with Crippen molar-refractivity contribution >= 4 is 28.5 Å². The van der Waals surface area contributed by atoms with Gasteiger partial charge in [-0.3, -0.25) is 9.78 Å². The molecule has 4 rings (SSSR count). The minimum absolute atomic E-state index is 0.207. The molecule has 6 nitrogen and oxygen atoms in total. The summed E-state index contributed by atoms with van der Waals surface area (Å²) in [7, 11) is 0. The zero-order valence-electron chi connectivity index (χ0n) is 15.7. The first-order valence-corrected chi connectivity index (χ1v) is 9.52. The summed E-state index contributed by atoms with van der Waals surface area (Å²) in [6.07, 6.45) is 3.26. The number of nitrogens with one attached hydrogen (secondary N) is 1. The lowest BCUT2D eigenvalue weighted by Crippen LogP contribution is -2.28. The van der Waals surface area contributed by atoms with Crippen LogP contribution in [0.5, 0.6) is 5.75 Å². The monoisotopic (exact) mass is 422 g/mol. The van der Waals surface area contributed by atoms with Gasteiger partial charge in [0.1, 0.15) is 23.9 Å². The minimum atomic E-state index is -0.352. The number of fused-ring (bicyclic) bond motifs is 1. The maximum atomic E-state index is 13.2. The van der Waals surface area contributed by atoms with Crippen LogP contribution in [0.3, 0.4) is 0 Å². The fraction of sp³-hybridized carbons (Fsp3) is 0.0909. The van der Waals surface area contributed by atoms with Gasteiger partial charge >= 0.3 is 0 Å². The van der Waals surface area contributed by atoms with Crippen molar-refractivity contribution in [2.24, 2.45) is 0 Å². The van der Waals surface area contributed by atoms with E-state index in [1.165, 1.54) is 12.1 Å². The van der Waals surface area contributed by atoms with Gasteiger partial charge in [0.25, 0.3) is 5.91 Å². The molecule has 0 radical (unpaired) electrons. The fourth-order valence-electron chi connectivity index (χ4n) is 2.83. The number of ether oxygens (including phenoxy) is 1. The van der Waals surface area contributed by atoms with Crippen molar-refractivity contribution in [1.29, 1.82) is 0 Å². The van der Waals surface area contributed by atoms with E-state index in [1.807, 2.05) is 0 Å². The van der Waals surface area contributed by atoms with Crippen LogP contribution in [0, 0.1) is 5.82 Å². The summed E-state index contributed by atoms with van der Waals surface area (Å²) in [5, 5.41) is 3.00. The first-order valence-electron chi connectivity index (χ1n) is 9.14. The fourth-order valence-corrected chi connectivity index (χ4v) is 3.08. The molecule has 0 saturated heterocycles. The standard InChI is InChI=1S/C22H16ClFN4O2/c23-21-20(14-3-6-16(24)7-4-14)27-19-12-15(5-8-18(19)28-21)22(29)26-10-11-30-17-2-1-9-25-13-17/h1-9,12-13H,10-11H2,(H,26,29). The molecule has 4 aromatic rings. The Morgan fingerprint density at radius 2 is 1.90 bits per heavy atom. The molecule has 0 aliphatic carbocycles. The van der Waals surface area contributed by atoms with Crippen molar-refractivity contribution in [3.8, 4) is 17.0 Å². The Hall–Kier alpha value is -3.58. The van der Waals surface area contributed by atoms with E-state index in [-0.39, 0.29) is 16.9 Å². The van der Waals surface area contributed by atoms with Gasteiger partial charge in [0.2, 0.25) is 0 Å². The average molecular weight is 423 g/mol. The van der Waals surface area contributed by atoms with Gasteiger partial charge in [-0.25, -0.2) is 14.4 Å². The molecule has 0 bridgehead atoms. The molecule has 0 aliphatic rings. The molecule has 0 fully saturated rings. The van der Waals surface area contributed by atoms with Gasteiger partial charge in [-0.2, -0.15) is 0 Å². The number of carbonyl (C=O) groups is 1. The van der Waals surface area contributed by atoms with Gasteiger partial charge in [0.05, 0.1) is 23.8 Å². The van der Waals surface area contributed by atoms with E-state index >= 15 is 0 Å². The lowest BCUT2D eigenvalue weighted by molar-refractivity contribution is 0.0947. The number of hydrogen-bond donors (Lipinski definition) is 1. The summed E-state index contributed by atoms with van der Waals surface area (Å²) >= 11 is 6.25. The highest BCUT2D eigenvalue weighted by Crippen LogP contribution is 2.27. The summed E-state index contributed by atoms with van der Waals surface area (Å²) in [5.41, 5.74) is 2.57. The topological polar surface area (TPSA) is 77.0 Å². The van der Waals surface area contributed by atoms with Crippen LogP contribution in [-0.4, -0.2) is 34.0 Å². The highest BCUT2D eigenvalue weighted by molar-refractivity contribution is 6.32. The predicted octanol–water partition coefficient (Wildman–Crippen LogP) is 4.29. The highest BCUT2D eigenvalue weighted by Gasteiger charge is 2.12. The Bertz CT molecular complexity index is 1190. The third-order valence-corrected chi connectivity index (χ3v) is 4.56. The maximum Gasteiger partial charge on any atom is 0.251 e. The van der Waals surface area contributed by atoms with E-state index in [0.717, 1.165) is 0 Å². The molecule has 2 aromatic carbocycles. The van der Waals surface area contributed by atoms with E-state index in [0.29, 0.717) is 46.8 Å². The first-order chi connectivity index (χ1) is 14.6. The van der Waals surface area contributed by atoms with Crippen molar-refractivity contribution in [2.75, 3.05) is 13.2 Å². The van der Waals surface area contributed by atoms with Crippen molar-refractivity contribution < 1.29 is 13.9 Å². The van der Waals surface area contributed by atoms with Crippen molar-refractivity contribution in [1.82, 2.24) is 20.3 Å². The predicted molar refractivity (Wildman–Crippen MR) is 112 cm³/mol. The van der Waals surface area contributed by atoms with Crippen LogP contribution < -0.4 is 10.1 Å². The van der Waals surface area contributed by atoms with Crippen LogP contribution >= 0.6 is 11.6 Å². The normalized spacial score (nSPS) is 10.7. The number of halogens is 2. The zero-order valence-corrected chi connectivity index (χ0v) is 16.4. The average Bonchev–Trinajstić information content (AvgIpc) is 2.77. The number of nitrogens with zero attached hydrogens (tertiary/aromatic N) is 3. The van der Waals surface area contributed by atoms with Crippen molar-refractivity contribution in [3.05, 3.63) is 83.5 Å². The number of carbonyl (C=O) groups excluding carboxylic acids is 1. The highest BCUT2D eigenvalue weighted by atomic mass is 35.5. The van der Waals surface area contributed by atoms with Gasteiger partial charge in [-0.15, -0.1) is 0 Å². The third kappa shape index (κ3) is 4.52. The second-order valence-electron chi connectivity index (χ2n) is 6.37. The maximum absolute atomic E-state index is 13.2. The number of rotatable bonds is 6. The molecule has 0 saturated carbocycles. The van der Waals surface area contributed by atoms with Gasteiger partial charge in [-0.1, -0.05) is 11.6 Å². The molecule has 8 heteroatoms. The smallest absolute Gasteiger partial charge is 0.251 e. The molecule has 1 N–H and O–H groups in total. The number of pyridine rings is 1. The molecule has 2 aromatic heterocycles. The summed E-state index contributed by atoms with van der Waals surface area (Å²) in [6.45, 7) is 0.647. The molecular formula is C22H16ClFN4O2. The van der Waals surface area contributed by atoms with E-state index in [1.54, 1.807) is 54.9 Å². The van der Waals surface area contributed by atoms with Crippen LogP contribution in [0.25, 0.3) is 22.3 Å². The zero-order chi connectivity index (χ0) is 20.9. The number of hydrogen-bond acceptors (Lipinski definition) is 5. The van der Waals surface area contributed by atoms with Crippen LogP contribution in [0.4, 0.5) is 4.39 Å². The molecule has 30 heavy (non-hydrogen) atoms. The van der Waals surface area contributed by atoms with Gasteiger partial charge in [0, 0.05) is 17.3 Å². The second-order valence-corrected chi connectivity index (χ2v) is 6.72. The Labute approximate surface area is 176 Å². The third-order valence-electron chi connectivity index (χ3n) is 4.29. The molecule has 150 valence electrons. The van der Waals surface area contributed by atoms with Crippen LogP contribution in [-0.2, 0) is 0 Å². The Balaban J connectivity index is 1.48.